The number of nitrogens with zero attached hydrogens (tertiary/aromatic N) is 1. The van der Waals surface area contributed by atoms with Gasteiger partial charge < -0.3 is 9.64 Å². The van der Waals surface area contributed by atoms with Crippen LogP contribution >= 0.6 is 12.4 Å². The Labute approximate surface area is 162 Å². The van der Waals surface area contributed by atoms with Gasteiger partial charge in [-0.3, -0.25) is 0 Å². The van der Waals surface area contributed by atoms with Crippen molar-refractivity contribution in [3.63, 3.8) is 0 Å². The van der Waals surface area contributed by atoms with Crippen molar-refractivity contribution in [1.29, 1.82) is 0 Å². The molecule has 0 spiro atoms. The molecule has 1 saturated heterocycles. The lowest BCUT2D eigenvalue weighted by Gasteiger charge is -2.32. The van der Waals surface area contributed by atoms with Crippen molar-refractivity contribution >= 4 is 18.4 Å². The van der Waals surface area contributed by atoms with Crippen LogP contribution in [0.15, 0.2) is 60.7 Å². The normalized spacial score (nSPS) is 17.0. The number of carbonyl (C=O) groups is 1. The average molecular weight is 374 g/mol. The van der Waals surface area contributed by atoms with E-state index in [1.165, 1.54) is 19.3 Å². The van der Waals surface area contributed by atoms with Crippen molar-refractivity contribution in [3.05, 3.63) is 71.8 Å². The van der Waals surface area contributed by atoms with E-state index in [9.17, 15) is 4.79 Å². The number of ether oxygens (including phenoxy) is 1. The summed E-state index contributed by atoms with van der Waals surface area (Å²) in [6.45, 7) is 5.45. The highest BCUT2D eigenvalue weighted by Gasteiger charge is 2.26. The Morgan fingerprint density at radius 3 is 2.15 bits per heavy atom. The fourth-order valence-electron chi connectivity index (χ4n) is 3.56. The zero-order valence-corrected chi connectivity index (χ0v) is 16.2. The van der Waals surface area contributed by atoms with Gasteiger partial charge in [-0.25, -0.2) is 4.79 Å². The molecule has 0 bridgehead atoms. The van der Waals surface area contributed by atoms with Gasteiger partial charge in [-0.05, 0) is 43.6 Å². The number of piperidine rings is 1. The number of likely N-dealkylation sites (tertiary alicyclic amines) is 1. The quantitative estimate of drug-likeness (QED) is 0.657. The Kier molecular flexibility index (Phi) is 8.14. The molecule has 1 aliphatic rings. The topological polar surface area (TPSA) is 29.5 Å². The van der Waals surface area contributed by atoms with Gasteiger partial charge in [0.1, 0.15) is 6.10 Å². The van der Waals surface area contributed by atoms with Gasteiger partial charge in [0, 0.05) is 12.5 Å². The Morgan fingerprint density at radius 1 is 0.962 bits per heavy atom. The van der Waals surface area contributed by atoms with Crippen LogP contribution in [0.2, 0.25) is 0 Å². The molecule has 0 N–H and O–H groups in total. The average Bonchev–Trinajstić information content (AvgIpc) is 2.68. The summed E-state index contributed by atoms with van der Waals surface area (Å²) in [7, 11) is 0. The van der Waals surface area contributed by atoms with Crippen LogP contribution in [0.3, 0.4) is 0 Å². The monoisotopic (exact) mass is 373 g/mol. The Hall–Kier alpha value is -1.84. The largest absolute Gasteiger partial charge is 0.454 e. The predicted molar refractivity (Wildman–Crippen MR) is 108 cm³/mol. The molecule has 4 heteroatoms. The number of hydrogen-bond donors (Lipinski definition) is 0. The van der Waals surface area contributed by atoms with Crippen molar-refractivity contribution in [1.82, 2.24) is 4.90 Å². The summed E-state index contributed by atoms with van der Waals surface area (Å²) >= 11 is 0. The Bertz CT molecular complexity index is 656. The molecular weight excluding hydrogens is 346 g/mol. The lowest BCUT2D eigenvalue weighted by molar-refractivity contribution is 0.00874. The minimum absolute atomic E-state index is 0. The van der Waals surface area contributed by atoms with Crippen LogP contribution < -0.4 is 0 Å². The van der Waals surface area contributed by atoms with Crippen molar-refractivity contribution in [2.24, 2.45) is 5.92 Å². The third-order valence-electron chi connectivity index (χ3n) is 4.88. The molecule has 1 fully saturated rings. The molecule has 2 aromatic carbocycles. The Balaban J connectivity index is 0.00000243. The van der Waals surface area contributed by atoms with Gasteiger partial charge in [-0.1, -0.05) is 61.9 Å². The molecule has 140 valence electrons. The van der Waals surface area contributed by atoms with E-state index in [1.54, 1.807) is 12.1 Å². The number of rotatable bonds is 6. The molecule has 0 aliphatic carbocycles. The van der Waals surface area contributed by atoms with E-state index in [0.29, 0.717) is 5.56 Å². The van der Waals surface area contributed by atoms with E-state index in [0.717, 1.165) is 25.2 Å². The van der Waals surface area contributed by atoms with Gasteiger partial charge in [0.25, 0.3) is 0 Å². The molecule has 2 aromatic rings. The Morgan fingerprint density at radius 2 is 1.54 bits per heavy atom. The molecule has 2 unspecified atom stereocenters. The van der Waals surface area contributed by atoms with Crippen molar-refractivity contribution in [3.8, 4) is 0 Å². The van der Waals surface area contributed by atoms with Crippen LogP contribution in [0.4, 0.5) is 0 Å². The fourth-order valence-corrected chi connectivity index (χ4v) is 3.56. The third kappa shape index (κ3) is 5.58. The summed E-state index contributed by atoms with van der Waals surface area (Å²) in [6, 6.07) is 19.4. The molecule has 1 aliphatic heterocycles. The zero-order chi connectivity index (χ0) is 17.5. The van der Waals surface area contributed by atoms with E-state index in [1.807, 2.05) is 36.4 Å². The summed E-state index contributed by atoms with van der Waals surface area (Å²) in [5.74, 6) is -0.00638. The maximum absolute atomic E-state index is 12.6. The second-order valence-electron chi connectivity index (χ2n) is 6.94. The first-order chi connectivity index (χ1) is 12.2. The highest BCUT2D eigenvalue weighted by molar-refractivity contribution is 5.89. The minimum Gasteiger partial charge on any atom is -0.454 e. The SMILES string of the molecule is CC(CN1CCCCC1)C(OC(=O)c1ccccc1)c1ccccc1.Cl. The molecule has 2 atom stereocenters. The van der Waals surface area contributed by atoms with E-state index >= 15 is 0 Å². The van der Waals surface area contributed by atoms with Crippen LogP contribution in [0.1, 0.15) is 48.2 Å². The van der Waals surface area contributed by atoms with E-state index < -0.39 is 0 Å². The van der Waals surface area contributed by atoms with E-state index in [2.05, 4.69) is 24.0 Å². The maximum Gasteiger partial charge on any atom is 0.338 e. The van der Waals surface area contributed by atoms with Crippen LogP contribution in [0, 0.1) is 5.92 Å². The summed E-state index contributed by atoms with van der Waals surface area (Å²) in [6.07, 6.45) is 3.64. The van der Waals surface area contributed by atoms with Gasteiger partial charge in [-0.2, -0.15) is 0 Å². The standard InChI is InChI=1S/C22H27NO2.ClH/c1-18(17-23-15-9-4-10-16-23)21(19-11-5-2-6-12-19)25-22(24)20-13-7-3-8-14-20;/h2-3,5-8,11-14,18,21H,4,9-10,15-17H2,1H3;1H. The first kappa shape index (κ1) is 20.5. The van der Waals surface area contributed by atoms with Gasteiger partial charge >= 0.3 is 5.97 Å². The number of esters is 1. The summed E-state index contributed by atoms with van der Waals surface area (Å²) in [4.78, 5) is 15.1. The van der Waals surface area contributed by atoms with Crippen LogP contribution in [0.25, 0.3) is 0 Å². The maximum atomic E-state index is 12.6. The number of halogens is 1. The summed E-state index contributed by atoms with van der Waals surface area (Å²) in [5.41, 5.74) is 1.67. The van der Waals surface area contributed by atoms with Gasteiger partial charge in [0.2, 0.25) is 0 Å². The predicted octanol–water partition coefficient (Wildman–Crippen LogP) is 5.13. The van der Waals surface area contributed by atoms with Crippen molar-refractivity contribution in [2.45, 2.75) is 32.3 Å². The van der Waals surface area contributed by atoms with Gasteiger partial charge in [-0.15, -0.1) is 12.4 Å². The second-order valence-corrected chi connectivity index (χ2v) is 6.94. The lowest BCUT2D eigenvalue weighted by atomic mass is 9.95. The fraction of sp³-hybridized carbons (Fsp3) is 0.409. The van der Waals surface area contributed by atoms with Crippen molar-refractivity contribution in [2.75, 3.05) is 19.6 Å². The smallest absolute Gasteiger partial charge is 0.338 e. The number of hydrogen-bond acceptors (Lipinski definition) is 3. The van der Waals surface area contributed by atoms with E-state index in [-0.39, 0.29) is 30.4 Å². The molecule has 26 heavy (non-hydrogen) atoms. The number of benzene rings is 2. The summed E-state index contributed by atoms with van der Waals surface area (Å²) in [5, 5.41) is 0. The zero-order valence-electron chi connectivity index (χ0n) is 15.3. The number of carbonyl (C=O) groups excluding carboxylic acids is 1. The molecule has 0 saturated carbocycles. The lowest BCUT2D eigenvalue weighted by Crippen LogP contribution is -2.36. The molecule has 1 heterocycles. The third-order valence-corrected chi connectivity index (χ3v) is 4.88. The molecule has 0 aromatic heterocycles. The van der Waals surface area contributed by atoms with Crippen LogP contribution in [-0.2, 0) is 4.74 Å². The first-order valence-electron chi connectivity index (χ1n) is 9.27. The molecule has 3 rings (SSSR count). The van der Waals surface area contributed by atoms with Crippen LogP contribution in [-0.4, -0.2) is 30.5 Å². The molecule has 0 radical (unpaired) electrons. The highest BCUT2D eigenvalue weighted by atomic mass is 35.5. The molecule has 0 amide bonds. The highest BCUT2D eigenvalue weighted by Crippen LogP contribution is 2.28. The van der Waals surface area contributed by atoms with Gasteiger partial charge in [0.15, 0.2) is 0 Å². The molecular formula is C22H28ClNO2. The molecule has 3 nitrogen and oxygen atoms in total. The second kappa shape index (κ2) is 10.3. The first-order valence-corrected chi connectivity index (χ1v) is 9.27. The van der Waals surface area contributed by atoms with Crippen LogP contribution in [0.5, 0.6) is 0 Å². The van der Waals surface area contributed by atoms with Crippen molar-refractivity contribution < 1.29 is 9.53 Å². The van der Waals surface area contributed by atoms with E-state index in [4.69, 9.17) is 4.74 Å². The summed E-state index contributed by atoms with van der Waals surface area (Å²) < 4.78 is 5.96. The minimum atomic E-state index is -0.250. The van der Waals surface area contributed by atoms with Gasteiger partial charge in [0.05, 0.1) is 5.56 Å².